The van der Waals surface area contributed by atoms with E-state index in [9.17, 15) is 8.42 Å². The molecule has 1 aliphatic rings. The van der Waals surface area contributed by atoms with Gasteiger partial charge in [-0.3, -0.25) is 4.90 Å². The van der Waals surface area contributed by atoms with E-state index in [4.69, 9.17) is 0 Å². The number of likely N-dealkylation sites (N-methyl/N-ethyl adjacent to an activating group) is 1. The van der Waals surface area contributed by atoms with E-state index in [1.54, 1.807) is 24.3 Å². The summed E-state index contributed by atoms with van der Waals surface area (Å²) < 4.78 is 27.3. The maximum absolute atomic E-state index is 12.3. The molecule has 1 heterocycles. The Kier molecular flexibility index (Phi) is 6.43. The Morgan fingerprint density at radius 3 is 2.35 bits per heavy atom. The zero-order chi connectivity index (χ0) is 18.4. The van der Waals surface area contributed by atoms with Gasteiger partial charge in [-0.25, -0.2) is 13.1 Å². The lowest BCUT2D eigenvalue weighted by atomic mass is 10.0. The van der Waals surface area contributed by atoms with Crippen molar-refractivity contribution >= 4 is 10.0 Å². The third-order valence-electron chi connectivity index (χ3n) is 4.85. The van der Waals surface area contributed by atoms with Crippen LogP contribution in [0.1, 0.15) is 18.0 Å². The summed E-state index contributed by atoms with van der Waals surface area (Å²) >= 11 is 0. The quantitative estimate of drug-likeness (QED) is 0.757. The minimum Gasteiger partial charge on any atom is -0.303 e. The Bertz CT molecular complexity index is 781. The smallest absolute Gasteiger partial charge is 0.240 e. The highest BCUT2D eigenvalue weighted by molar-refractivity contribution is 7.89. The minimum absolute atomic E-state index is 0.321. The van der Waals surface area contributed by atoms with Gasteiger partial charge in [-0.2, -0.15) is 0 Å². The third kappa shape index (κ3) is 4.92. The van der Waals surface area contributed by atoms with Gasteiger partial charge in [0.25, 0.3) is 0 Å². The average molecular weight is 374 g/mol. The second kappa shape index (κ2) is 8.77. The molecule has 0 aliphatic carbocycles. The molecule has 140 valence electrons. The van der Waals surface area contributed by atoms with Gasteiger partial charge in [0.05, 0.1) is 4.90 Å². The number of nitrogens with one attached hydrogen (secondary N) is 1. The molecule has 5 nitrogen and oxygen atoms in total. The predicted octanol–water partition coefficient (Wildman–Crippen LogP) is 2.34. The van der Waals surface area contributed by atoms with Crippen LogP contribution in [0.25, 0.3) is 0 Å². The summed E-state index contributed by atoms with van der Waals surface area (Å²) in [6.07, 6.45) is 0.791. The average Bonchev–Trinajstić information content (AvgIpc) is 2.67. The first-order chi connectivity index (χ1) is 12.6. The van der Waals surface area contributed by atoms with Crippen molar-refractivity contribution in [3.8, 4) is 0 Å². The lowest BCUT2D eigenvalue weighted by Crippen LogP contribution is -2.47. The second-order valence-electron chi connectivity index (χ2n) is 6.79. The molecule has 0 aromatic heterocycles. The topological polar surface area (TPSA) is 52.6 Å². The van der Waals surface area contributed by atoms with E-state index in [1.165, 1.54) is 5.56 Å². The molecule has 0 saturated carbocycles. The molecule has 26 heavy (non-hydrogen) atoms. The molecule has 1 saturated heterocycles. The number of sulfonamides is 1. The normalized spacial score (nSPS) is 19.5. The number of rotatable bonds is 7. The van der Waals surface area contributed by atoms with Crippen LogP contribution in [0, 0.1) is 0 Å². The summed E-state index contributed by atoms with van der Waals surface area (Å²) in [4.78, 5) is 5.14. The van der Waals surface area contributed by atoms with Crippen molar-refractivity contribution in [2.75, 3.05) is 39.8 Å². The van der Waals surface area contributed by atoms with Gasteiger partial charge >= 0.3 is 0 Å². The number of hydrogen-bond donors (Lipinski definition) is 1. The van der Waals surface area contributed by atoms with Crippen LogP contribution in [0.3, 0.4) is 0 Å². The molecule has 1 N–H and O–H groups in total. The molecular formula is C20H27N3O2S. The van der Waals surface area contributed by atoms with Crippen LogP contribution < -0.4 is 4.72 Å². The summed E-state index contributed by atoms with van der Waals surface area (Å²) in [6, 6.07) is 19.4. The van der Waals surface area contributed by atoms with Crippen molar-refractivity contribution in [1.29, 1.82) is 0 Å². The van der Waals surface area contributed by atoms with E-state index < -0.39 is 10.0 Å². The summed E-state index contributed by atoms with van der Waals surface area (Å²) in [6.45, 7) is 4.37. The van der Waals surface area contributed by atoms with Gasteiger partial charge in [0, 0.05) is 38.8 Å². The first-order valence-electron chi connectivity index (χ1n) is 9.08. The standard InChI is InChI=1S/C20H27N3O2S/c1-22-15-16-23(20(17-22)18-9-4-2-5-10-18)14-8-13-21-26(24,25)19-11-6-3-7-12-19/h2-7,9-12,20-21H,8,13-17H2,1H3. The van der Waals surface area contributed by atoms with E-state index in [-0.39, 0.29) is 0 Å². The molecule has 2 aromatic rings. The van der Waals surface area contributed by atoms with E-state index in [1.807, 2.05) is 12.1 Å². The van der Waals surface area contributed by atoms with Crippen LogP contribution in [0.5, 0.6) is 0 Å². The van der Waals surface area contributed by atoms with Crippen molar-refractivity contribution in [2.45, 2.75) is 17.4 Å². The van der Waals surface area contributed by atoms with Gasteiger partial charge < -0.3 is 4.90 Å². The van der Waals surface area contributed by atoms with Crippen molar-refractivity contribution in [3.63, 3.8) is 0 Å². The van der Waals surface area contributed by atoms with Gasteiger partial charge in [-0.05, 0) is 31.2 Å². The molecule has 0 spiro atoms. The van der Waals surface area contributed by atoms with Crippen LogP contribution in [-0.2, 0) is 10.0 Å². The van der Waals surface area contributed by atoms with Gasteiger partial charge in [-0.15, -0.1) is 0 Å². The number of benzene rings is 2. The highest BCUT2D eigenvalue weighted by atomic mass is 32.2. The predicted molar refractivity (Wildman–Crippen MR) is 105 cm³/mol. The Balaban J connectivity index is 1.55. The Hall–Kier alpha value is -1.73. The molecule has 0 radical (unpaired) electrons. The van der Waals surface area contributed by atoms with Gasteiger partial charge in [0.2, 0.25) is 10.0 Å². The molecule has 2 aromatic carbocycles. The van der Waals surface area contributed by atoms with Crippen LogP contribution in [-0.4, -0.2) is 58.0 Å². The fourth-order valence-electron chi connectivity index (χ4n) is 3.39. The van der Waals surface area contributed by atoms with Gasteiger partial charge in [0.15, 0.2) is 0 Å². The second-order valence-corrected chi connectivity index (χ2v) is 8.56. The monoisotopic (exact) mass is 373 g/mol. The van der Waals surface area contributed by atoms with Crippen molar-refractivity contribution in [1.82, 2.24) is 14.5 Å². The molecule has 1 fully saturated rings. The van der Waals surface area contributed by atoms with Crippen LogP contribution in [0.4, 0.5) is 0 Å². The van der Waals surface area contributed by atoms with Crippen LogP contribution in [0.2, 0.25) is 0 Å². The summed E-state index contributed by atoms with van der Waals surface area (Å²) in [5.74, 6) is 0. The maximum atomic E-state index is 12.3. The molecular weight excluding hydrogens is 346 g/mol. The van der Waals surface area contributed by atoms with Crippen molar-refractivity contribution in [3.05, 3.63) is 66.2 Å². The Labute approximate surface area is 156 Å². The molecule has 1 aliphatic heterocycles. The summed E-state index contributed by atoms with van der Waals surface area (Å²) in [5, 5.41) is 0. The highest BCUT2D eigenvalue weighted by Crippen LogP contribution is 2.24. The molecule has 0 amide bonds. The van der Waals surface area contributed by atoms with Crippen LogP contribution in [0.15, 0.2) is 65.6 Å². The van der Waals surface area contributed by atoms with Gasteiger partial charge in [0.1, 0.15) is 0 Å². The number of hydrogen-bond acceptors (Lipinski definition) is 4. The Morgan fingerprint density at radius 1 is 1.00 bits per heavy atom. The maximum Gasteiger partial charge on any atom is 0.240 e. The lowest BCUT2D eigenvalue weighted by Gasteiger charge is -2.40. The zero-order valence-electron chi connectivity index (χ0n) is 15.2. The van der Waals surface area contributed by atoms with Crippen molar-refractivity contribution < 1.29 is 8.42 Å². The molecule has 3 rings (SSSR count). The number of piperazine rings is 1. The van der Waals surface area contributed by atoms with E-state index in [0.717, 1.165) is 32.6 Å². The summed E-state index contributed by atoms with van der Waals surface area (Å²) in [7, 11) is -1.26. The lowest BCUT2D eigenvalue weighted by molar-refractivity contribution is 0.0892. The highest BCUT2D eigenvalue weighted by Gasteiger charge is 2.26. The SMILES string of the molecule is CN1CCN(CCCNS(=O)(=O)c2ccccc2)C(c2ccccc2)C1. The Morgan fingerprint density at radius 2 is 1.65 bits per heavy atom. The largest absolute Gasteiger partial charge is 0.303 e. The van der Waals surface area contributed by atoms with E-state index in [2.05, 4.69) is 45.8 Å². The fourth-order valence-corrected chi connectivity index (χ4v) is 4.48. The first-order valence-corrected chi connectivity index (χ1v) is 10.6. The minimum atomic E-state index is -3.41. The van der Waals surface area contributed by atoms with Crippen molar-refractivity contribution in [2.24, 2.45) is 0 Å². The zero-order valence-corrected chi connectivity index (χ0v) is 16.0. The molecule has 6 heteroatoms. The third-order valence-corrected chi connectivity index (χ3v) is 6.32. The van der Waals surface area contributed by atoms with Gasteiger partial charge in [-0.1, -0.05) is 48.5 Å². The fraction of sp³-hybridized carbons (Fsp3) is 0.400. The first kappa shape index (κ1) is 19.0. The summed E-state index contributed by atoms with van der Waals surface area (Å²) in [5.41, 5.74) is 1.32. The molecule has 1 unspecified atom stereocenters. The molecule has 1 atom stereocenters. The van der Waals surface area contributed by atoms with E-state index in [0.29, 0.717) is 17.5 Å². The van der Waals surface area contributed by atoms with E-state index >= 15 is 0 Å². The molecule has 0 bridgehead atoms. The number of nitrogens with zero attached hydrogens (tertiary/aromatic N) is 2. The van der Waals surface area contributed by atoms with Crippen LogP contribution >= 0.6 is 0 Å².